The second-order valence-corrected chi connectivity index (χ2v) is 37.0. The van der Waals surface area contributed by atoms with Crippen LogP contribution in [0.3, 0.4) is 0 Å². The molecule has 10 N–H and O–H groups in total. The Hall–Kier alpha value is -11.8. The number of ketones is 2. The van der Waals surface area contributed by atoms with Crippen molar-refractivity contribution in [3.63, 3.8) is 0 Å². The summed E-state index contributed by atoms with van der Waals surface area (Å²) in [7, 11) is 5.46. The standard InChI is InChI=1S/C40H56N2O8.C24H38N2O3.C24H35NO4.C23H32N2O3/c1-8-25(3)11-10-12-26(4)34(36(40(48)49)24-38(45)42-31-18-20-32(50-7)21-19-31)22-13-27(5)33(9-2)35(39(46)47)23-37(44)41-30-16-14-29(15-17-30)28(6)43;1-7-17(3)10-9-11-18(4)21(8-2)22(24(28)29)16-23(27)25-19-12-14-20(15-13-19)26(5)6;1-6-16(3)9-8-10-17(4)21(7-2)22(24(28)29)15-23(27)25-20-13-11-19(12-14-20)18(5)26;1-5-16(3)8-7-9-17(4)20(6-2)21(23(27)28)14-22(26)25-19-12-10-18(15-24)11-13-19/h11,14-21,26-27,33-36H,8-10,12-13,22-24H2,1-7H3,(H,41,44)(H,42,45)(H,46,47)(H,48,49);10,12-15,18,21-22H,7-9,11,16H2,1-6H3,(H,25,27)(H,28,29);9,11-14,17,21-22H,6-8,10,15H2,1-5H3,(H,25,27)(H,28,29);8,10-13,17,20-21H,5-7,9,14H2,1-4H3,(H,25,26)(H,27,28)/b25-11-;17-10-;16-9-;16-8-. The van der Waals surface area contributed by atoms with Gasteiger partial charge in [0.15, 0.2) is 11.6 Å². The van der Waals surface area contributed by atoms with Crippen LogP contribution >= 0.6 is 0 Å². The smallest absolute Gasteiger partial charge is 0.307 e. The van der Waals surface area contributed by atoms with Crippen LogP contribution in [-0.2, 0) is 47.9 Å². The summed E-state index contributed by atoms with van der Waals surface area (Å²) in [4.78, 5) is 149. The van der Waals surface area contributed by atoms with Crippen molar-refractivity contribution in [2.24, 2.45) is 88.8 Å². The van der Waals surface area contributed by atoms with E-state index in [1.807, 2.05) is 90.9 Å². The number of benzene rings is 5. The third kappa shape index (κ3) is 45.2. The molecule has 136 heavy (non-hydrogen) atoms. The van der Waals surface area contributed by atoms with Crippen molar-refractivity contribution in [3.8, 4) is 11.8 Å². The van der Waals surface area contributed by atoms with E-state index < -0.39 is 71.3 Å². The average molecular weight is 1880 g/mol. The fraction of sp³-hybridized carbons (Fsp3) is 0.541. The molecule has 0 aliphatic heterocycles. The van der Waals surface area contributed by atoms with Gasteiger partial charge >= 0.3 is 29.8 Å². The van der Waals surface area contributed by atoms with Crippen molar-refractivity contribution >= 4 is 105 Å². The zero-order valence-electron chi connectivity index (χ0n) is 85.2. The molecule has 0 aliphatic carbocycles. The number of nitrogens with one attached hydrogen (secondary N) is 5. The van der Waals surface area contributed by atoms with Crippen LogP contribution in [0.1, 0.15) is 306 Å². The van der Waals surface area contributed by atoms with Crippen LogP contribution in [0, 0.1) is 100 Å². The van der Waals surface area contributed by atoms with Crippen molar-refractivity contribution in [2.45, 2.75) is 279 Å². The quantitative estimate of drug-likeness (QED) is 0.0128. The Kier molecular flexibility index (Phi) is 57.5. The molecule has 0 bridgehead atoms. The molecule has 0 saturated carbocycles. The van der Waals surface area contributed by atoms with Gasteiger partial charge in [-0.15, -0.1) is 0 Å². The van der Waals surface area contributed by atoms with Crippen molar-refractivity contribution in [2.75, 3.05) is 52.7 Å². The number of carbonyl (C=O) groups is 12. The molecule has 0 aromatic heterocycles. The van der Waals surface area contributed by atoms with Crippen molar-refractivity contribution in [1.82, 2.24) is 0 Å². The summed E-state index contributed by atoms with van der Waals surface area (Å²) in [5, 5.41) is 72.7. The monoisotopic (exact) mass is 1880 g/mol. The van der Waals surface area contributed by atoms with Gasteiger partial charge in [0.25, 0.3) is 0 Å². The number of carboxylic acids is 5. The first-order valence-electron chi connectivity index (χ1n) is 48.8. The van der Waals surface area contributed by atoms with E-state index in [-0.39, 0.29) is 121 Å². The summed E-state index contributed by atoms with van der Waals surface area (Å²) in [6, 6.07) is 36.0. The Labute approximate surface area is 810 Å². The highest BCUT2D eigenvalue weighted by molar-refractivity contribution is 5.99. The van der Waals surface area contributed by atoms with Crippen molar-refractivity contribution in [3.05, 3.63) is 185 Å². The lowest BCUT2D eigenvalue weighted by atomic mass is 9.71. The molecule has 0 radical (unpaired) electrons. The maximum atomic E-state index is 13.2. The van der Waals surface area contributed by atoms with Gasteiger partial charge in [-0.1, -0.05) is 169 Å². The van der Waals surface area contributed by atoms with Gasteiger partial charge in [0, 0.05) is 91.5 Å². The molecule has 5 amide bonds. The Bertz CT molecular complexity index is 4720. The van der Waals surface area contributed by atoms with Gasteiger partial charge < -0.3 is 61.8 Å². The zero-order chi connectivity index (χ0) is 102. The molecule has 5 rings (SSSR count). The number of carboxylic acid groups (broad SMARTS) is 5. The summed E-state index contributed by atoms with van der Waals surface area (Å²) in [5.41, 5.74) is 10.8. The molecule has 5 aromatic rings. The highest BCUT2D eigenvalue weighted by Crippen LogP contribution is 2.40. The number of nitrogens with zero attached hydrogens (tertiary/aromatic N) is 2. The molecule has 25 heteroatoms. The van der Waals surface area contributed by atoms with Crippen LogP contribution in [0.4, 0.5) is 34.1 Å². The first-order valence-corrected chi connectivity index (χ1v) is 48.8. The highest BCUT2D eigenvalue weighted by atomic mass is 16.5. The van der Waals surface area contributed by atoms with Crippen LogP contribution < -0.4 is 36.2 Å². The lowest BCUT2D eigenvalue weighted by Gasteiger charge is -2.33. The number of aliphatic carboxylic acids is 5. The minimum atomic E-state index is -1.06. The number of ether oxygens (including phenoxy) is 1. The summed E-state index contributed by atoms with van der Waals surface area (Å²) < 4.78 is 5.18. The third-order valence-corrected chi connectivity index (χ3v) is 26.9. The lowest BCUT2D eigenvalue weighted by molar-refractivity contribution is -0.147. The SMILES string of the molecule is CC/C(C)=C\CCC(C)C(CC)C(CC(=O)Nc1ccc(C#N)cc1)C(=O)O.CC/C(C)=C\CCC(C)C(CC)C(CC(=O)Nc1ccc(C(C)=O)cc1)C(=O)O.CC/C(C)=C\CCC(C)C(CC)C(CC(=O)Nc1ccc(N(C)C)cc1)C(=O)O.CC/C(C)=C\CCC(C)C(CCC(C)C(CC)C(CC(=O)Nc1ccc(C(C)=O)cc1)C(=O)O)C(CC(=O)Nc1ccc(OC)cc1)C(=O)O. The normalized spacial score (nSPS) is 14.9. The second kappa shape index (κ2) is 65.0. The molecule has 0 spiro atoms. The third-order valence-electron chi connectivity index (χ3n) is 26.9. The van der Waals surface area contributed by atoms with Crippen LogP contribution in [0.25, 0.3) is 0 Å². The van der Waals surface area contributed by atoms with E-state index in [0.29, 0.717) is 70.1 Å². The van der Waals surface area contributed by atoms with E-state index in [0.717, 1.165) is 102 Å². The number of rotatable bonds is 57. The van der Waals surface area contributed by atoms with E-state index >= 15 is 0 Å². The van der Waals surface area contributed by atoms with Crippen molar-refractivity contribution < 1.29 is 87.8 Å². The predicted octanol–water partition coefficient (Wildman–Crippen LogP) is 25.2. The van der Waals surface area contributed by atoms with Gasteiger partial charge in [-0.3, -0.25) is 57.5 Å². The van der Waals surface area contributed by atoms with Gasteiger partial charge in [-0.2, -0.15) is 5.26 Å². The number of hydrogen-bond acceptors (Lipinski definition) is 15. The topological polar surface area (TPSA) is 402 Å². The van der Waals surface area contributed by atoms with Crippen LogP contribution in [-0.4, -0.2) is 118 Å². The number of nitriles is 1. The number of hydrogen-bond donors (Lipinski definition) is 10. The van der Waals surface area contributed by atoms with E-state index in [9.17, 15) is 83.1 Å². The Morgan fingerprint density at radius 2 is 0.551 bits per heavy atom. The number of Topliss-reactive ketones (excluding diaryl/α,β-unsaturated/α-hetero) is 2. The zero-order valence-corrected chi connectivity index (χ0v) is 85.2. The summed E-state index contributed by atoms with van der Waals surface area (Å²) in [5.74, 6) is -10.4. The molecule has 0 aliphatic rings. The Morgan fingerprint density at radius 1 is 0.331 bits per heavy atom. The largest absolute Gasteiger partial charge is 0.497 e. The molecule has 748 valence electrons. The lowest BCUT2D eigenvalue weighted by Crippen LogP contribution is -2.34. The summed E-state index contributed by atoms with van der Waals surface area (Å²) in [6.07, 6.45) is 23.2. The molecule has 0 fully saturated rings. The maximum absolute atomic E-state index is 13.2. The molecular formula is C111H161N7O18. The summed E-state index contributed by atoms with van der Waals surface area (Å²) in [6.45, 7) is 38.0. The van der Waals surface area contributed by atoms with E-state index in [4.69, 9.17) is 10.00 Å². The van der Waals surface area contributed by atoms with E-state index in [2.05, 4.69) is 127 Å². The van der Waals surface area contributed by atoms with E-state index in [1.54, 1.807) is 104 Å². The molecule has 25 nitrogen and oxygen atoms in total. The molecule has 15 unspecified atom stereocenters. The molecule has 0 heterocycles. The van der Waals surface area contributed by atoms with Gasteiger partial charge in [-0.25, -0.2) is 0 Å². The average Bonchev–Trinajstić information content (AvgIpc) is 0.869. The van der Waals surface area contributed by atoms with E-state index in [1.165, 1.54) is 36.1 Å². The Balaban J connectivity index is 0.000000637. The molecular weight excluding hydrogens is 1720 g/mol. The number of anilines is 6. The first-order chi connectivity index (χ1) is 64.4. The van der Waals surface area contributed by atoms with Crippen LogP contribution in [0.5, 0.6) is 5.75 Å². The predicted molar refractivity (Wildman–Crippen MR) is 546 cm³/mol. The minimum Gasteiger partial charge on any atom is -0.497 e. The Morgan fingerprint density at radius 3 is 0.765 bits per heavy atom. The summed E-state index contributed by atoms with van der Waals surface area (Å²) >= 11 is 0. The number of carbonyl (C=O) groups excluding carboxylic acids is 7. The van der Waals surface area contributed by atoms with Gasteiger partial charge in [0.2, 0.25) is 29.5 Å². The number of allylic oxidation sites excluding steroid dienone is 8. The van der Waals surface area contributed by atoms with Crippen LogP contribution in [0.15, 0.2) is 168 Å². The number of amides is 5. The number of methoxy groups -OCH3 is 1. The molecule has 0 saturated heterocycles. The maximum Gasteiger partial charge on any atom is 0.307 e. The molecule has 15 atom stereocenters. The minimum absolute atomic E-state index is 0.00254. The van der Waals surface area contributed by atoms with Gasteiger partial charge in [0.1, 0.15) is 5.75 Å². The fourth-order valence-corrected chi connectivity index (χ4v) is 17.6. The fourth-order valence-electron chi connectivity index (χ4n) is 17.6. The van der Waals surface area contributed by atoms with Crippen molar-refractivity contribution in [1.29, 1.82) is 5.26 Å². The van der Waals surface area contributed by atoms with Gasteiger partial charge in [-0.05, 0) is 306 Å². The second-order valence-electron chi connectivity index (χ2n) is 37.0. The highest BCUT2D eigenvalue weighted by Gasteiger charge is 2.39. The van der Waals surface area contributed by atoms with Gasteiger partial charge in [0.05, 0.1) is 48.3 Å². The van der Waals surface area contributed by atoms with Crippen LogP contribution in [0.2, 0.25) is 0 Å². The first kappa shape index (κ1) is 120. The molecule has 5 aromatic carbocycles.